The molecular formula is C94H101Cl4N5OPRu2-. The molecular weight excluding hydrogens is 1590 g/mol. The minimum absolute atomic E-state index is 0. The van der Waals surface area contributed by atoms with E-state index in [-0.39, 0.29) is 14.9 Å². The van der Waals surface area contributed by atoms with Gasteiger partial charge in [0.05, 0.1) is 6.07 Å². The Morgan fingerprint density at radius 1 is 0.346 bits per heavy atom. The summed E-state index contributed by atoms with van der Waals surface area (Å²) in [4.78, 5) is 9.62. The zero-order chi connectivity index (χ0) is 74.8. The van der Waals surface area contributed by atoms with Gasteiger partial charge in [-0.3, -0.25) is 0 Å². The average molecular weight is 1690 g/mol. The van der Waals surface area contributed by atoms with Gasteiger partial charge in [-0.2, -0.15) is 18.6 Å². The van der Waals surface area contributed by atoms with Gasteiger partial charge in [-0.05, 0) is 164 Å². The van der Waals surface area contributed by atoms with Gasteiger partial charge in [0.15, 0.2) is 5.75 Å². The van der Waals surface area contributed by atoms with Crippen LogP contribution >= 0.6 is 46.9 Å². The molecule has 0 aromatic heterocycles. The largest absolute Gasteiger partial charge is 0.342 e. The van der Waals surface area contributed by atoms with Gasteiger partial charge in [-0.25, -0.2) is 0 Å². The summed E-state index contributed by atoms with van der Waals surface area (Å²) in [6.07, 6.45) is 4.30. The van der Waals surface area contributed by atoms with Crippen LogP contribution in [0.25, 0.3) is 11.1 Å². The first-order chi connectivity index (χ1) is 50.6. The number of hydrogen-bond acceptors (Lipinski definition) is 6. The van der Waals surface area contributed by atoms with E-state index < -0.39 is 35.2 Å². The number of rotatable bonds is 10. The second kappa shape index (κ2) is 40.4. The van der Waals surface area contributed by atoms with Gasteiger partial charge < -0.3 is 24.1 Å². The molecule has 15 rings (SSSR count). The van der Waals surface area contributed by atoms with Gasteiger partial charge in [-0.1, -0.05) is 140 Å². The summed E-state index contributed by atoms with van der Waals surface area (Å²) >= 11 is -3.76. The summed E-state index contributed by atoms with van der Waals surface area (Å²) in [5.41, 5.74) is 31.4. The Morgan fingerprint density at radius 3 is 0.822 bits per heavy atom. The minimum Gasteiger partial charge on any atom is -0.342 e. The second-order valence-electron chi connectivity index (χ2n) is 26.7. The fourth-order valence-electron chi connectivity index (χ4n) is 14.6. The van der Waals surface area contributed by atoms with Crippen molar-refractivity contribution in [1.82, 2.24) is 0 Å². The number of nitrogens with zero attached hydrogens (tertiary/aromatic N) is 5. The number of hydrogen-bond donors (Lipinski definition) is 0. The molecule has 107 heavy (non-hydrogen) atoms. The first-order valence-corrected chi connectivity index (χ1v) is 47.3. The van der Waals surface area contributed by atoms with Crippen molar-refractivity contribution in [2.24, 2.45) is 0 Å². The van der Waals surface area contributed by atoms with Crippen molar-refractivity contribution in [3.63, 3.8) is 0 Å². The summed E-state index contributed by atoms with van der Waals surface area (Å²) in [5.74, 6) is 0.925. The van der Waals surface area contributed by atoms with E-state index in [1.807, 2.05) is 91.0 Å². The van der Waals surface area contributed by atoms with Crippen molar-refractivity contribution in [2.75, 3.05) is 45.8 Å². The third-order valence-electron chi connectivity index (χ3n) is 18.4. The number of fused-ring (bicyclic) bond motifs is 2. The summed E-state index contributed by atoms with van der Waals surface area (Å²) in [6, 6.07) is 88.3. The van der Waals surface area contributed by atoms with E-state index >= 15 is 0 Å². The first-order valence-electron chi connectivity index (χ1n) is 35.2. The molecule has 0 radical (unpaired) electrons. The first kappa shape index (κ1) is 84.6. The Bertz CT molecular complexity index is 4490. The molecule has 0 N–H and O–H groups in total. The molecule has 2 heterocycles. The zero-order valence-corrected chi connectivity index (χ0v) is 69.7. The summed E-state index contributed by atoms with van der Waals surface area (Å²) in [7, 11) is 23.5. The molecule has 558 valence electrons. The van der Waals surface area contributed by atoms with E-state index in [9.17, 15) is 0 Å². The monoisotopic (exact) mass is 1690 g/mol. The number of aryl methyl sites for hydroxylation is 12. The maximum Gasteiger partial charge on any atom is 0.242 e. The van der Waals surface area contributed by atoms with Crippen LogP contribution in [-0.4, -0.2) is 34.4 Å². The minimum atomic E-state index is -1.88. The number of benzene rings is 11. The predicted molar refractivity (Wildman–Crippen MR) is 464 cm³/mol. The molecule has 11 aromatic rings. The molecule has 2 fully saturated rings. The van der Waals surface area contributed by atoms with Gasteiger partial charge in [0.1, 0.15) is 10.6 Å². The smallest absolute Gasteiger partial charge is 0.242 e. The third kappa shape index (κ3) is 21.7. The Kier molecular flexibility index (Phi) is 32.0. The van der Waals surface area contributed by atoms with E-state index in [0.717, 1.165) is 40.1 Å². The van der Waals surface area contributed by atoms with E-state index in [0.29, 0.717) is 0 Å². The molecule has 2 saturated heterocycles. The molecule has 13 heteroatoms. The molecule has 0 spiro atoms. The second-order valence-corrected chi connectivity index (χ2v) is 40.3. The molecule has 0 unspecified atom stereocenters. The van der Waals surface area contributed by atoms with E-state index in [4.69, 9.17) is 48.5 Å². The maximum atomic E-state index is 7.32. The molecule has 0 atom stereocenters. The quantitative estimate of drug-likeness (QED) is 0.0772. The molecule has 0 bridgehead atoms. The van der Waals surface area contributed by atoms with Gasteiger partial charge in [-0.15, -0.1) is 0 Å². The third-order valence-corrected chi connectivity index (χ3v) is 26.8. The van der Waals surface area contributed by atoms with Gasteiger partial charge in [0.2, 0.25) is 8.15 Å². The number of halogens is 4. The summed E-state index contributed by atoms with van der Waals surface area (Å²) in [5, 5.41) is 9.83. The number of para-hydroxylation sites is 1. The van der Waals surface area contributed by atoms with Crippen LogP contribution < -0.4 is 34.7 Å². The van der Waals surface area contributed by atoms with Crippen molar-refractivity contribution in [3.05, 3.63) is 374 Å². The molecule has 4 aliphatic rings. The van der Waals surface area contributed by atoms with Crippen molar-refractivity contribution < 1.29 is 31.6 Å². The van der Waals surface area contributed by atoms with E-state index in [2.05, 4.69) is 286 Å². The van der Waals surface area contributed by atoms with Crippen LogP contribution in [0.4, 0.5) is 22.7 Å². The molecule has 11 aromatic carbocycles. The Hall–Kier alpha value is -8.03. The summed E-state index contributed by atoms with van der Waals surface area (Å²) < 4.78 is 8.53. The van der Waals surface area contributed by atoms with Crippen LogP contribution in [0.5, 0.6) is 5.75 Å². The fourth-order valence-corrected chi connectivity index (χ4v) is 21.5. The SMILES string of the molecule is C.C.CC#N.Cc1cc(C)c(N2[CH-]N(c3c(C)cc(C)cc3C)CC2)c(C)c1.Cc1cc(C)c(N2[CH-]N(c3c(C)cc(C)cc3C)CC2)c(C)c1.[Cl][Ru]([Cl])=[C]1C=C(c2ccccc2)c2ccccc21.[Cl][Ru]([Cl])=[C]1C=C(c2ccccc2)c2ccccc21.c1ccc(O[PH+](c2ccccc2)c2ccccc2)cc1. The molecule has 6 nitrogen and oxygen atoms in total. The van der Waals surface area contributed by atoms with Gasteiger partial charge in [0.25, 0.3) is 0 Å². The number of anilines is 4. The van der Waals surface area contributed by atoms with E-state index in [1.165, 1.54) is 152 Å². The fraction of sp³-hybridized carbons (Fsp3) is 0.202. The average Bonchev–Trinajstić information content (AvgIpc) is 1.65. The normalized spacial score (nSPS) is 13.1. The number of allylic oxidation sites excluding steroid dienone is 2. The van der Waals surface area contributed by atoms with Crippen LogP contribution in [0, 0.1) is 108 Å². The molecule has 2 aliphatic carbocycles. The molecule has 0 saturated carbocycles. The summed E-state index contributed by atoms with van der Waals surface area (Å²) in [6.45, 7) is 36.6. The van der Waals surface area contributed by atoms with E-state index in [1.54, 1.807) is 6.07 Å². The Balaban J connectivity index is 0.000000167. The number of nitriles is 1. The van der Waals surface area contributed by atoms with Crippen LogP contribution in [0.3, 0.4) is 0 Å². The van der Waals surface area contributed by atoms with Crippen molar-refractivity contribution >= 4 is 99.6 Å². The van der Waals surface area contributed by atoms with Crippen LogP contribution in [0.15, 0.2) is 261 Å². The maximum absolute atomic E-state index is 7.32. The Labute approximate surface area is 667 Å². The van der Waals surface area contributed by atoms with Gasteiger partial charge >= 0.3 is 240 Å². The van der Waals surface area contributed by atoms with Crippen LogP contribution in [-0.2, 0) is 27.0 Å². The topological polar surface area (TPSA) is 46.0 Å². The molecule has 2 aliphatic heterocycles. The zero-order valence-electron chi connectivity index (χ0n) is 62.2. The van der Waals surface area contributed by atoms with Crippen molar-refractivity contribution in [2.45, 2.75) is 105 Å². The van der Waals surface area contributed by atoms with Crippen molar-refractivity contribution in [3.8, 4) is 11.8 Å². The van der Waals surface area contributed by atoms with Gasteiger partial charge in [0, 0.05) is 55.9 Å². The Morgan fingerprint density at radius 2 is 0.570 bits per heavy atom. The van der Waals surface area contributed by atoms with Crippen molar-refractivity contribution in [1.29, 1.82) is 5.26 Å². The van der Waals surface area contributed by atoms with Crippen LogP contribution in [0.2, 0.25) is 0 Å². The van der Waals surface area contributed by atoms with Crippen LogP contribution in [0.1, 0.15) is 122 Å². The predicted octanol–water partition coefficient (Wildman–Crippen LogP) is 24.8. The standard InChI is InChI=1S/2C21H27N2.C18H15OP.2C15H10.C2H3N.2CH4.4ClH.2Ru/c2*1-14-9-16(3)20(17(4)10-14)22-7-8-23(13-22)21-18(5)11-15(2)12-19(21)6;1-4-10-16(11-5-1)19-20(17-12-6-2-7-13-17)18-14-8-3-9-15-18;2*1-2-6-12(7-3-1)15-11-10-13-8-4-5-9-14(13)15;1-2-3;;;;;;;;/h2*9-13H,7-8H2,1-6H3;1-15H;2*1-9,11H;1H3;2*1H4;4*1H;;/q2*-1;;;;;;;;;;;2*+2/p-3. The molecule has 0 amide bonds.